The predicted molar refractivity (Wildman–Crippen MR) is 100 cm³/mol. The smallest absolute Gasteiger partial charge is 0.268 e. The van der Waals surface area contributed by atoms with Crippen LogP contribution in [0.2, 0.25) is 5.02 Å². The van der Waals surface area contributed by atoms with Crippen LogP contribution in [0.25, 0.3) is 10.1 Å². The standard InChI is InChI=1S/C18H11ClFN3O2S/c19-16-12-7-6-10(20)8-13(12)26-17(16)18(25)21-14-9-15(24)23(22-14)11-4-2-1-3-5-11/h1-8H,9H2,(H,21,22,25). The number of hydrogen-bond acceptors (Lipinski definition) is 4. The van der Waals surface area contributed by atoms with Crippen molar-refractivity contribution in [1.82, 2.24) is 5.32 Å². The van der Waals surface area contributed by atoms with Crippen LogP contribution in [0.5, 0.6) is 0 Å². The highest BCUT2D eigenvalue weighted by Gasteiger charge is 2.27. The van der Waals surface area contributed by atoms with Gasteiger partial charge in [-0.3, -0.25) is 9.59 Å². The van der Waals surface area contributed by atoms with E-state index in [0.29, 0.717) is 15.8 Å². The molecule has 0 atom stereocenters. The summed E-state index contributed by atoms with van der Waals surface area (Å²) in [6.45, 7) is 0. The normalized spacial score (nSPS) is 14.0. The number of fused-ring (bicyclic) bond motifs is 1. The summed E-state index contributed by atoms with van der Waals surface area (Å²) in [5.74, 6) is -0.871. The molecule has 0 bridgehead atoms. The van der Waals surface area contributed by atoms with Crippen LogP contribution >= 0.6 is 22.9 Å². The van der Waals surface area contributed by atoms with Gasteiger partial charge in [-0.15, -0.1) is 11.3 Å². The molecule has 0 unspecified atom stereocenters. The molecule has 5 nitrogen and oxygen atoms in total. The summed E-state index contributed by atoms with van der Waals surface area (Å²) in [5, 5.41) is 8.91. The van der Waals surface area contributed by atoms with Gasteiger partial charge in [0, 0.05) is 10.1 Å². The molecule has 0 saturated heterocycles. The van der Waals surface area contributed by atoms with Crippen molar-refractivity contribution in [2.45, 2.75) is 6.42 Å². The highest BCUT2D eigenvalue weighted by atomic mass is 35.5. The zero-order valence-electron chi connectivity index (χ0n) is 13.2. The summed E-state index contributed by atoms with van der Waals surface area (Å²) >= 11 is 7.34. The van der Waals surface area contributed by atoms with Gasteiger partial charge in [-0.2, -0.15) is 10.1 Å². The average molecular weight is 388 g/mol. The highest BCUT2D eigenvalue weighted by Crippen LogP contribution is 2.35. The third-order valence-corrected chi connectivity index (χ3v) is 5.49. The minimum absolute atomic E-state index is 0.0161. The van der Waals surface area contributed by atoms with Crippen LogP contribution < -0.4 is 10.3 Å². The number of amides is 2. The molecule has 0 aliphatic carbocycles. The maximum absolute atomic E-state index is 13.4. The SMILES string of the molecule is O=C(NC1=NN(c2ccccc2)C(=O)C1)c1sc2cc(F)ccc2c1Cl. The van der Waals surface area contributed by atoms with E-state index >= 15 is 0 Å². The number of hydrazone groups is 1. The van der Waals surface area contributed by atoms with Crippen molar-refractivity contribution in [2.24, 2.45) is 5.10 Å². The average Bonchev–Trinajstić information content (AvgIpc) is 3.15. The molecule has 8 heteroatoms. The third-order valence-electron chi connectivity index (χ3n) is 3.83. The summed E-state index contributed by atoms with van der Waals surface area (Å²) in [6.07, 6.45) is -0.0161. The number of benzene rings is 2. The van der Waals surface area contributed by atoms with Crippen LogP contribution in [-0.4, -0.2) is 17.6 Å². The summed E-state index contributed by atoms with van der Waals surface area (Å²) in [7, 11) is 0. The quantitative estimate of drug-likeness (QED) is 0.717. The molecule has 0 saturated carbocycles. The van der Waals surface area contributed by atoms with Crippen LogP contribution in [0, 0.1) is 5.82 Å². The molecule has 4 rings (SSSR count). The Morgan fingerprint density at radius 3 is 2.77 bits per heavy atom. The number of thiophene rings is 1. The maximum atomic E-state index is 13.4. The van der Waals surface area contributed by atoms with E-state index in [1.165, 1.54) is 23.2 Å². The molecule has 1 aliphatic heterocycles. The Hall–Kier alpha value is -2.77. The number of nitrogens with one attached hydrogen (secondary N) is 1. The van der Waals surface area contributed by atoms with Gasteiger partial charge in [-0.1, -0.05) is 29.8 Å². The summed E-state index contributed by atoms with van der Waals surface area (Å²) in [5.41, 5.74) is 0.622. The van der Waals surface area contributed by atoms with Crippen molar-refractivity contribution in [1.29, 1.82) is 0 Å². The van der Waals surface area contributed by atoms with Crippen molar-refractivity contribution in [3.63, 3.8) is 0 Å². The monoisotopic (exact) mass is 387 g/mol. The number of anilines is 1. The minimum Gasteiger partial charge on any atom is -0.307 e. The fraction of sp³-hybridized carbons (Fsp3) is 0.0556. The number of carbonyl (C=O) groups excluding carboxylic acids is 2. The zero-order valence-corrected chi connectivity index (χ0v) is 14.8. The molecule has 0 fully saturated rings. The molecule has 26 heavy (non-hydrogen) atoms. The predicted octanol–water partition coefficient (Wildman–Crippen LogP) is 4.17. The third kappa shape index (κ3) is 2.95. The van der Waals surface area contributed by atoms with E-state index in [1.807, 2.05) is 6.07 Å². The van der Waals surface area contributed by atoms with Gasteiger partial charge in [0.05, 0.1) is 17.1 Å². The van der Waals surface area contributed by atoms with E-state index in [2.05, 4.69) is 10.4 Å². The number of amidine groups is 1. The molecule has 2 amide bonds. The second-order valence-electron chi connectivity index (χ2n) is 5.60. The number of carbonyl (C=O) groups is 2. The van der Waals surface area contributed by atoms with Gasteiger partial charge in [-0.25, -0.2) is 4.39 Å². The first-order valence-electron chi connectivity index (χ1n) is 7.67. The van der Waals surface area contributed by atoms with Crippen LogP contribution in [0.4, 0.5) is 10.1 Å². The van der Waals surface area contributed by atoms with Crippen LogP contribution in [0.15, 0.2) is 53.6 Å². The van der Waals surface area contributed by atoms with Crippen LogP contribution in [0.3, 0.4) is 0 Å². The zero-order chi connectivity index (χ0) is 18.3. The molecule has 130 valence electrons. The van der Waals surface area contributed by atoms with Crippen molar-refractivity contribution in [3.05, 3.63) is 64.2 Å². The summed E-state index contributed by atoms with van der Waals surface area (Å²) in [6, 6.07) is 13.1. The topological polar surface area (TPSA) is 61.8 Å². The van der Waals surface area contributed by atoms with Crippen LogP contribution in [-0.2, 0) is 4.79 Å². The largest absolute Gasteiger partial charge is 0.307 e. The van der Waals surface area contributed by atoms with Crippen molar-refractivity contribution < 1.29 is 14.0 Å². The van der Waals surface area contributed by atoms with E-state index in [-0.39, 0.29) is 28.1 Å². The van der Waals surface area contributed by atoms with Gasteiger partial charge in [0.25, 0.3) is 11.8 Å². The molecule has 1 aliphatic rings. The van der Waals surface area contributed by atoms with Gasteiger partial charge in [-0.05, 0) is 30.3 Å². The molecule has 0 spiro atoms. The van der Waals surface area contributed by atoms with Gasteiger partial charge < -0.3 is 5.32 Å². The number of rotatable bonds is 2. The Labute approximate surface area is 156 Å². The van der Waals surface area contributed by atoms with Crippen molar-refractivity contribution >= 4 is 56.4 Å². The molecule has 3 aromatic rings. The number of hydrogen-bond donors (Lipinski definition) is 1. The number of para-hydroxylation sites is 1. The Balaban J connectivity index is 1.59. The Kier molecular flexibility index (Phi) is 4.18. The molecular weight excluding hydrogens is 377 g/mol. The Morgan fingerprint density at radius 2 is 2.00 bits per heavy atom. The minimum atomic E-state index is -0.474. The van der Waals surface area contributed by atoms with Crippen molar-refractivity contribution in [2.75, 3.05) is 5.01 Å². The lowest BCUT2D eigenvalue weighted by atomic mass is 10.2. The van der Waals surface area contributed by atoms with Gasteiger partial charge in [0.15, 0.2) is 0 Å². The molecule has 2 heterocycles. The first-order chi connectivity index (χ1) is 12.5. The molecule has 2 aromatic carbocycles. The Bertz CT molecular complexity index is 1060. The fourth-order valence-electron chi connectivity index (χ4n) is 2.64. The number of halogens is 2. The van der Waals surface area contributed by atoms with E-state index in [1.54, 1.807) is 24.3 Å². The lowest BCUT2D eigenvalue weighted by Crippen LogP contribution is -2.29. The number of nitrogens with zero attached hydrogens (tertiary/aromatic N) is 2. The Morgan fingerprint density at radius 1 is 1.23 bits per heavy atom. The maximum Gasteiger partial charge on any atom is 0.268 e. The van der Waals surface area contributed by atoms with Crippen molar-refractivity contribution in [3.8, 4) is 0 Å². The van der Waals surface area contributed by atoms with Crippen LogP contribution in [0.1, 0.15) is 16.1 Å². The summed E-state index contributed by atoms with van der Waals surface area (Å²) < 4.78 is 13.9. The molecule has 0 radical (unpaired) electrons. The van der Waals surface area contributed by atoms with Gasteiger partial charge >= 0.3 is 0 Å². The van der Waals surface area contributed by atoms with Gasteiger partial charge in [0.1, 0.15) is 16.5 Å². The van der Waals surface area contributed by atoms with E-state index in [0.717, 1.165) is 11.3 Å². The summed E-state index contributed by atoms with van der Waals surface area (Å²) in [4.78, 5) is 24.9. The van der Waals surface area contributed by atoms with E-state index in [9.17, 15) is 14.0 Å². The molecule has 1 aromatic heterocycles. The van der Waals surface area contributed by atoms with E-state index < -0.39 is 11.7 Å². The first-order valence-corrected chi connectivity index (χ1v) is 8.87. The second kappa shape index (κ2) is 6.51. The van der Waals surface area contributed by atoms with Gasteiger partial charge in [0.2, 0.25) is 0 Å². The second-order valence-corrected chi connectivity index (χ2v) is 7.03. The fourth-order valence-corrected chi connectivity index (χ4v) is 4.08. The first kappa shape index (κ1) is 16.7. The highest BCUT2D eigenvalue weighted by molar-refractivity contribution is 7.21. The molecular formula is C18H11ClFN3O2S. The molecule has 1 N–H and O–H groups in total. The van der Waals surface area contributed by atoms with E-state index in [4.69, 9.17) is 11.6 Å². The lowest BCUT2D eigenvalue weighted by molar-refractivity contribution is -0.116. The lowest BCUT2D eigenvalue weighted by Gasteiger charge is -2.10.